The van der Waals surface area contributed by atoms with Crippen LogP contribution in [0.2, 0.25) is 0 Å². The average Bonchev–Trinajstić information content (AvgIpc) is 3.64. The molecule has 0 heteroatoms. The number of hydrogen-bond donors (Lipinski definition) is 0. The third-order valence-corrected chi connectivity index (χ3v) is 11.3. The molecule has 0 heterocycles. The van der Waals surface area contributed by atoms with Gasteiger partial charge in [0.25, 0.3) is 0 Å². The summed E-state index contributed by atoms with van der Waals surface area (Å²) in [5, 5.41) is 0. The zero-order valence-electron chi connectivity index (χ0n) is 32.2. The van der Waals surface area contributed by atoms with Gasteiger partial charge in [-0.2, -0.15) is 0 Å². The van der Waals surface area contributed by atoms with Crippen LogP contribution in [-0.4, -0.2) is 0 Å². The molecule has 0 spiro atoms. The molecule has 0 saturated carbocycles. The van der Waals surface area contributed by atoms with E-state index < -0.39 is 0 Å². The summed E-state index contributed by atoms with van der Waals surface area (Å²) in [6, 6.07) is 58.9. The Kier molecular flexibility index (Phi) is 8.05. The van der Waals surface area contributed by atoms with E-state index in [1.807, 2.05) is 0 Å². The zero-order chi connectivity index (χ0) is 37.2. The highest BCUT2D eigenvalue weighted by atomic mass is 14.3. The molecule has 2 aliphatic carbocycles. The van der Waals surface area contributed by atoms with Gasteiger partial charge in [0.15, 0.2) is 0 Å². The van der Waals surface area contributed by atoms with Gasteiger partial charge in [-0.05, 0) is 147 Å². The second-order valence-corrected chi connectivity index (χ2v) is 17.1. The second kappa shape index (κ2) is 12.9. The van der Waals surface area contributed by atoms with E-state index in [-0.39, 0.29) is 10.8 Å². The van der Waals surface area contributed by atoms with Crippen LogP contribution >= 0.6 is 0 Å². The van der Waals surface area contributed by atoms with E-state index in [0.29, 0.717) is 0 Å². The summed E-state index contributed by atoms with van der Waals surface area (Å²) in [6.45, 7) is 13.6. The van der Waals surface area contributed by atoms with Crippen LogP contribution in [0.15, 0.2) is 158 Å². The zero-order valence-corrected chi connectivity index (χ0v) is 32.2. The third-order valence-electron chi connectivity index (χ3n) is 11.3. The Morgan fingerprint density at radius 2 is 0.630 bits per heavy atom. The van der Waals surface area contributed by atoms with Crippen molar-refractivity contribution in [1.29, 1.82) is 0 Å². The van der Waals surface area contributed by atoms with E-state index in [0.717, 1.165) is 0 Å². The molecule has 0 atom stereocenters. The molecule has 0 N–H and O–H groups in total. The lowest BCUT2D eigenvalue weighted by Gasteiger charge is -2.19. The highest BCUT2D eigenvalue weighted by Crippen LogP contribution is 2.54. The van der Waals surface area contributed by atoms with Gasteiger partial charge in [-0.3, -0.25) is 0 Å². The van der Waals surface area contributed by atoms with Crippen LogP contribution in [0.1, 0.15) is 86.1 Å². The fourth-order valence-electron chi connectivity index (χ4n) is 8.21. The molecule has 0 nitrogen and oxygen atoms in total. The largest absolute Gasteiger partial charge is 0.0622 e. The summed E-state index contributed by atoms with van der Waals surface area (Å²) in [5.41, 5.74) is 23.2. The lowest BCUT2D eigenvalue weighted by molar-refractivity contribution is 0.590. The molecule has 9 rings (SSSR count). The van der Waals surface area contributed by atoms with Crippen molar-refractivity contribution in [3.8, 4) is 44.5 Å². The molecule has 0 unspecified atom stereocenters. The van der Waals surface area contributed by atoms with Crippen LogP contribution in [0.4, 0.5) is 0 Å². The van der Waals surface area contributed by atoms with Gasteiger partial charge >= 0.3 is 0 Å². The maximum Gasteiger partial charge on any atom is -0.00921 e. The molecule has 2 aliphatic rings. The molecule has 7 aromatic rings. The molecule has 0 amide bonds. The lowest BCUT2D eigenvalue weighted by Crippen LogP contribution is -2.10. The van der Waals surface area contributed by atoms with Crippen molar-refractivity contribution in [2.75, 3.05) is 0 Å². The van der Waals surface area contributed by atoms with Crippen molar-refractivity contribution >= 4 is 23.3 Å². The molecule has 54 heavy (non-hydrogen) atoms. The van der Waals surface area contributed by atoms with Gasteiger partial charge in [-0.15, -0.1) is 0 Å². The molecule has 0 fully saturated rings. The summed E-state index contributed by atoms with van der Waals surface area (Å²) in [7, 11) is 0. The van der Waals surface area contributed by atoms with Crippen molar-refractivity contribution in [3.63, 3.8) is 0 Å². The lowest BCUT2D eigenvalue weighted by atomic mass is 9.86. The number of fused-ring (bicyclic) bond motifs is 6. The summed E-state index contributed by atoms with van der Waals surface area (Å²) in [4.78, 5) is 0. The van der Waals surface area contributed by atoms with Gasteiger partial charge in [0.05, 0.1) is 0 Å². The monoisotopic (exact) mass is 694 g/mol. The quantitative estimate of drug-likeness (QED) is 0.172. The minimum absolute atomic E-state index is 0.121. The molecular weight excluding hydrogens is 649 g/mol. The molecule has 0 bridgehead atoms. The van der Waals surface area contributed by atoms with Crippen molar-refractivity contribution in [1.82, 2.24) is 0 Å². The van der Waals surface area contributed by atoms with E-state index in [2.05, 4.69) is 211 Å². The van der Waals surface area contributed by atoms with Crippen LogP contribution in [0.25, 0.3) is 67.8 Å². The first-order valence-electron chi connectivity index (χ1n) is 19.2. The first kappa shape index (κ1) is 33.8. The molecule has 0 radical (unpaired) electrons. The third kappa shape index (κ3) is 6.06. The summed E-state index contributed by atoms with van der Waals surface area (Å²) < 4.78 is 0. The predicted molar refractivity (Wildman–Crippen MR) is 232 cm³/mol. The molecular formula is C54H46. The van der Waals surface area contributed by atoms with E-state index in [4.69, 9.17) is 0 Å². The van der Waals surface area contributed by atoms with Crippen molar-refractivity contribution < 1.29 is 0 Å². The standard InChI is InChI=1S/C54H46/c1-53(2,3)41-23-17-37(18-24-41)39-21-27-43-47(31-39)45(29-35-13-9-7-10-14-35)51-34-50-44-28-22-40(38-19-25-42(26-20-38)54(4,5)6)32-48(44)46(52(50)33-49(43)51)30-36-15-11-8-12-16-36/h7-34H,1-6H3/b45-29+,46-30+. The molecule has 0 aromatic heterocycles. The molecule has 262 valence electrons. The second-order valence-electron chi connectivity index (χ2n) is 17.1. The van der Waals surface area contributed by atoms with E-state index in [1.165, 1.54) is 100 Å². The first-order valence-corrected chi connectivity index (χ1v) is 19.2. The Morgan fingerprint density at radius 1 is 0.296 bits per heavy atom. The molecule has 0 saturated heterocycles. The van der Waals surface area contributed by atoms with Crippen molar-refractivity contribution in [2.24, 2.45) is 0 Å². The Labute approximate surface area is 321 Å². The summed E-state index contributed by atoms with van der Waals surface area (Å²) >= 11 is 0. The Balaban J connectivity index is 1.21. The van der Waals surface area contributed by atoms with Gasteiger partial charge in [0, 0.05) is 0 Å². The van der Waals surface area contributed by atoms with Crippen LogP contribution < -0.4 is 0 Å². The SMILES string of the molecule is CC(C)(C)c1ccc(-c2ccc3c(c2)/C(=C\c2ccccc2)c2cc4c(cc2-3)/C(=C/c2ccccc2)c2cc(-c3ccc(C(C)(C)C)cc3)ccc2-4)cc1. The normalized spacial score (nSPS) is 14.6. The van der Waals surface area contributed by atoms with Gasteiger partial charge in [0.2, 0.25) is 0 Å². The minimum atomic E-state index is 0.121. The average molecular weight is 695 g/mol. The maximum atomic E-state index is 2.47. The number of rotatable bonds is 4. The smallest absolute Gasteiger partial charge is 0.00921 e. The number of hydrogen-bond acceptors (Lipinski definition) is 0. The fraction of sp³-hybridized carbons (Fsp3) is 0.148. The topological polar surface area (TPSA) is 0 Å². The van der Waals surface area contributed by atoms with Crippen LogP contribution in [0.5, 0.6) is 0 Å². The summed E-state index contributed by atoms with van der Waals surface area (Å²) in [5.74, 6) is 0. The molecule has 7 aromatic carbocycles. The molecule has 0 aliphatic heterocycles. The van der Waals surface area contributed by atoms with E-state index >= 15 is 0 Å². The minimum Gasteiger partial charge on any atom is -0.0622 e. The van der Waals surface area contributed by atoms with Crippen LogP contribution in [0, 0.1) is 0 Å². The highest BCUT2D eigenvalue weighted by Gasteiger charge is 2.31. The van der Waals surface area contributed by atoms with Crippen molar-refractivity contribution in [2.45, 2.75) is 52.4 Å². The van der Waals surface area contributed by atoms with Crippen molar-refractivity contribution in [3.05, 3.63) is 202 Å². The van der Waals surface area contributed by atoms with E-state index in [1.54, 1.807) is 0 Å². The Morgan fingerprint density at radius 3 is 0.981 bits per heavy atom. The maximum absolute atomic E-state index is 2.47. The van der Waals surface area contributed by atoms with Crippen LogP contribution in [0.3, 0.4) is 0 Å². The van der Waals surface area contributed by atoms with Gasteiger partial charge < -0.3 is 0 Å². The van der Waals surface area contributed by atoms with Gasteiger partial charge in [0.1, 0.15) is 0 Å². The van der Waals surface area contributed by atoms with Crippen LogP contribution in [-0.2, 0) is 10.8 Å². The first-order chi connectivity index (χ1) is 26.0. The summed E-state index contributed by atoms with van der Waals surface area (Å²) in [6.07, 6.45) is 4.76. The highest BCUT2D eigenvalue weighted by molar-refractivity contribution is 6.13. The van der Waals surface area contributed by atoms with Gasteiger partial charge in [-0.1, -0.05) is 175 Å². The van der Waals surface area contributed by atoms with E-state index in [9.17, 15) is 0 Å². The Bertz CT molecular complexity index is 2410. The predicted octanol–water partition coefficient (Wildman–Crippen LogP) is 14.8. The Hall–Kier alpha value is -5.98. The van der Waals surface area contributed by atoms with Gasteiger partial charge in [-0.25, -0.2) is 0 Å². The fourth-order valence-corrected chi connectivity index (χ4v) is 8.21. The number of benzene rings is 7.